The molecule has 0 bridgehead atoms. The van der Waals surface area contributed by atoms with E-state index >= 15 is 0 Å². The SMILES string of the molecule is CCCCCCCCCCCc1ccc2cccnc2c1. The van der Waals surface area contributed by atoms with Crippen molar-refractivity contribution >= 4 is 10.9 Å². The first-order valence-electron chi connectivity index (χ1n) is 8.74. The number of unbranched alkanes of at least 4 members (excludes halogenated alkanes) is 8. The zero-order valence-electron chi connectivity index (χ0n) is 13.5. The van der Waals surface area contributed by atoms with E-state index in [-0.39, 0.29) is 0 Å². The highest BCUT2D eigenvalue weighted by Gasteiger charge is 1.98. The minimum Gasteiger partial charge on any atom is -0.256 e. The van der Waals surface area contributed by atoms with Gasteiger partial charge in [-0.05, 0) is 30.5 Å². The molecule has 1 aromatic carbocycles. The van der Waals surface area contributed by atoms with Gasteiger partial charge >= 0.3 is 0 Å². The lowest BCUT2D eigenvalue weighted by molar-refractivity contribution is 0.565. The van der Waals surface area contributed by atoms with Crippen LogP contribution in [0.15, 0.2) is 36.5 Å². The third kappa shape index (κ3) is 5.87. The molecule has 114 valence electrons. The number of benzene rings is 1. The summed E-state index contributed by atoms with van der Waals surface area (Å²) in [7, 11) is 0. The Kier molecular flexibility index (Phi) is 7.28. The van der Waals surface area contributed by atoms with E-state index in [0.717, 1.165) is 5.52 Å². The molecule has 0 saturated heterocycles. The van der Waals surface area contributed by atoms with Crippen molar-refractivity contribution in [2.45, 2.75) is 71.1 Å². The largest absolute Gasteiger partial charge is 0.256 e. The Hall–Kier alpha value is -1.37. The first-order chi connectivity index (χ1) is 10.4. The lowest BCUT2D eigenvalue weighted by Crippen LogP contribution is -1.88. The molecule has 0 spiro atoms. The van der Waals surface area contributed by atoms with Gasteiger partial charge in [-0.25, -0.2) is 0 Å². The number of aryl methyl sites for hydroxylation is 1. The standard InChI is InChI=1S/C20H29N/c1-2-3-4-5-6-7-8-9-10-12-18-14-15-19-13-11-16-21-20(19)17-18/h11,13-17H,2-10,12H2,1H3. The molecule has 0 unspecified atom stereocenters. The molecule has 0 saturated carbocycles. The topological polar surface area (TPSA) is 12.9 Å². The van der Waals surface area contributed by atoms with Gasteiger partial charge in [0.15, 0.2) is 0 Å². The van der Waals surface area contributed by atoms with Gasteiger partial charge in [0, 0.05) is 11.6 Å². The average Bonchev–Trinajstić information content (AvgIpc) is 2.53. The molecule has 2 rings (SSSR count). The van der Waals surface area contributed by atoms with E-state index in [1.54, 1.807) is 0 Å². The fraction of sp³-hybridized carbons (Fsp3) is 0.550. The molecular weight excluding hydrogens is 254 g/mol. The zero-order valence-corrected chi connectivity index (χ0v) is 13.5. The zero-order chi connectivity index (χ0) is 14.8. The second-order valence-corrected chi connectivity index (χ2v) is 6.11. The summed E-state index contributed by atoms with van der Waals surface area (Å²) in [6.45, 7) is 2.28. The number of rotatable bonds is 10. The number of pyridine rings is 1. The van der Waals surface area contributed by atoms with Crippen LogP contribution >= 0.6 is 0 Å². The van der Waals surface area contributed by atoms with Gasteiger partial charge in [-0.1, -0.05) is 76.5 Å². The fourth-order valence-corrected chi connectivity index (χ4v) is 2.91. The van der Waals surface area contributed by atoms with Crippen molar-refractivity contribution in [2.75, 3.05) is 0 Å². The fourth-order valence-electron chi connectivity index (χ4n) is 2.91. The molecule has 0 radical (unpaired) electrons. The number of aromatic nitrogens is 1. The molecule has 21 heavy (non-hydrogen) atoms. The maximum Gasteiger partial charge on any atom is 0.0704 e. The van der Waals surface area contributed by atoms with Crippen LogP contribution in [0.4, 0.5) is 0 Å². The minimum atomic E-state index is 1.13. The third-order valence-corrected chi connectivity index (χ3v) is 4.24. The predicted molar refractivity (Wildman–Crippen MR) is 92.7 cm³/mol. The van der Waals surface area contributed by atoms with Crippen molar-refractivity contribution < 1.29 is 0 Å². The lowest BCUT2D eigenvalue weighted by atomic mass is 10.0. The van der Waals surface area contributed by atoms with Crippen LogP contribution in [0.2, 0.25) is 0 Å². The maximum atomic E-state index is 4.44. The molecule has 0 atom stereocenters. The van der Waals surface area contributed by atoms with E-state index < -0.39 is 0 Å². The molecule has 0 N–H and O–H groups in total. The van der Waals surface area contributed by atoms with Crippen molar-refractivity contribution in [2.24, 2.45) is 0 Å². The molecule has 1 aromatic heterocycles. The summed E-state index contributed by atoms with van der Waals surface area (Å²) in [4.78, 5) is 4.44. The van der Waals surface area contributed by atoms with Gasteiger partial charge in [0.25, 0.3) is 0 Å². The van der Waals surface area contributed by atoms with E-state index in [1.165, 1.54) is 75.2 Å². The molecule has 1 nitrogen and oxygen atoms in total. The van der Waals surface area contributed by atoms with E-state index in [4.69, 9.17) is 0 Å². The number of nitrogens with zero attached hydrogens (tertiary/aromatic N) is 1. The Balaban J connectivity index is 1.59. The molecular formula is C20H29N. The van der Waals surface area contributed by atoms with Crippen LogP contribution in [0.5, 0.6) is 0 Å². The summed E-state index contributed by atoms with van der Waals surface area (Å²) in [5, 5.41) is 1.24. The molecule has 1 heteroatoms. The Bertz CT molecular complexity index is 518. The van der Waals surface area contributed by atoms with Crippen molar-refractivity contribution in [3.05, 3.63) is 42.1 Å². The summed E-state index contributed by atoms with van der Waals surface area (Å²) >= 11 is 0. The van der Waals surface area contributed by atoms with Crippen LogP contribution < -0.4 is 0 Å². The maximum absolute atomic E-state index is 4.44. The van der Waals surface area contributed by atoms with Crippen LogP contribution in [0, 0.1) is 0 Å². The first kappa shape index (κ1) is 16.0. The summed E-state index contributed by atoms with van der Waals surface area (Å²) in [6, 6.07) is 10.8. The van der Waals surface area contributed by atoms with Gasteiger partial charge in [-0.2, -0.15) is 0 Å². The molecule has 0 fully saturated rings. The Morgan fingerprint density at radius 1 is 0.810 bits per heavy atom. The first-order valence-corrected chi connectivity index (χ1v) is 8.74. The van der Waals surface area contributed by atoms with Crippen LogP contribution in [-0.4, -0.2) is 4.98 Å². The van der Waals surface area contributed by atoms with Crippen LogP contribution in [0.25, 0.3) is 10.9 Å². The van der Waals surface area contributed by atoms with Gasteiger partial charge in [0.2, 0.25) is 0 Å². The van der Waals surface area contributed by atoms with E-state index in [9.17, 15) is 0 Å². The minimum absolute atomic E-state index is 1.13. The van der Waals surface area contributed by atoms with Crippen molar-refractivity contribution in [1.82, 2.24) is 4.98 Å². The smallest absolute Gasteiger partial charge is 0.0704 e. The quantitative estimate of drug-likeness (QED) is 0.466. The highest BCUT2D eigenvalue weighted by Crippen LogP contribution is 2.16. The number of hydrogen-bond acceptors (Lipinski definition) is 1. The third-order valence-electron chi connectivity index (χ3n) is 4.24. The second-order valence-electron chi connectivity index (χ2n) is 6.11. The van der Waals surface area contributed by atoms with Gasteiger partial charge in [-0.15, -0.1) is 0 Å². The highest BCUT2D eigenvalue weighted by molar-refractivity contribution is 5.78. The molecule has 0 amide bonds. The monoisotopic (exact) mass is 283 g/mol. The summed E-state index contributed by atoms with van der Waals surface area (Å²) < 4.78 is 0. The summed E-state index contributed by atoms with van der Waals surface area (Å²) in [6.07, 6.45) is 15.6. The summed E-state index contributed by atoms with van der Waals surface area (Å²) in [5.74, 6) is 0. The van der Waals surface area contributed by atoms with E-state index in [2.05, 4.69) is 36.2 Å². The Morgan fingerprint density at radius 2 is 1.52 bits per heavy atom. The lowest BCUT2D eigenvalue weighted by Gasteiger charge is -2.04. The normalized spacial score (nSPS) is 11.1. The number of hydrogen-bond donors (Lipinski definition) is 0. The molecule has 0 aliphatic rings. The van der Waals surface area contributed by atoms with Crippen LogP contribution in [-0.2, 0) is 6.42 Å². The van der Waals surface area contributed by atoms with E-state index in [1.807, 2.05) is 12.3 Å². The van der Waals surface area contributed by atoms with E-state index in [0.29, 0.717) is 0 Å². The van der Waals surface area contributed by atoms with Gasteiger partial charge in [0.05, 0.1) is 5.52 Å². The van der Waals surface area contributed by atoms with Crippen molar-refractivity contribution in [1.29, 1.82) is 0 Å². The van der Waals surface area contributed by atoms with Gasteiger partial charge in [-0.3, -0.25) is 4.98 Å². The second kappa shape index (κ2) is 9.55. The molecule has 2 aromatic rings. The Labute approximate surface area is 129 Å². The Morgan fingerprint density at radius 3 is 2.29 bits per heavy atom. The van der Waals surface area contributed by atoms with Crippen molar-refractivity contribution in [3.63, 3.8) is 0 Å². The predicted octanol–water partition coefficient (Wildman–Crippen LogP) is 6.31. The van der Waals surface area contributed by atoms with Crippen molar-refractivity contribution in [3.8, 4) is 0 Å². The average molecular weight is 283 g/mol. The number of fused-ring (bicyclic) bond motifs is 1. The van der Waals surface area contributed by atoms with Crippen LogP contribution in [0.3, 0.4) is 0 Å². The summed E-state index contributed by atoms with van der Waals surface area (Å²) in [5.41, 5.74) is 2.56. The molecule has 0 aliphatic carbocycles. The highest BCUT2D eigenvalue weighted by atomic mass is 14.6. The van der Waals surface area contributed by atoms with Gasteiger partial charge in [0.1, 0.15) is 0 Å². The molecule has 1 heterocycles. The van der Waals surface area contributed by atoms with Gasteiger partial charge < -0.3 is 0 Å². The molecule has 0 aliphatic heterocycles. The van der Waals surface area contributed by atoms with Crippen LogP contribution in [0.1, 0.15) is 70.3 Å².